The van der Waals surface area contributed by atoms with Gasteiger partial charge in [0.05, 0.1) is 6.61 Å². The van der Waals surface area contributed by atoms with E-state index in [1.165, 1.54) is 0 Å². The molecule has 1 fully saturated rings. The van der Waals surface area contributed by atoms with Gasteiger partial charge in [-0.15, -0.1) is 0 Å². The minimum Gasteiger partial charge on any atom is -0.381 e. The van der Waals surface area contributed by atoms with E-state index >= 15 is 0 Å². The number of nitrogens with zero attached hydrogens (tertiary/aromatic N) is 2. The van der Waals surface area contributed by atoms with Crippen molar-refractivity contribution in [3.8, 4) is 0 Å². The third-order valence-electron chi connectivity index (χ3n) is 3.25. The molecule has 0 amide bonds. The fourth-order valence-corrected chi connectivity index (χ4v) is 2.11. The third-order valence-corrected chi connectivity index (χ3v) is 3.25. The summed E-state index contributed by atoms with van der Waals surface area (Å²) in [4.78, 5) is 4.36. The van der Waals surface area contributed by atoms with Crippen LogP contribution in [0.1, 0.15) is 33.2 Å². The summed E-state index contributed by atoms with van der Waals surface area (Å²) in [7, 11) is 0. The topological polar surface area (TPSA) is 39.1 Å². The summed E-state index contributed by atoms with van der Waals surface area (Å²) in [6, 6.07) is 0.861. The molecule has 0 radical (unpaired) electrons. The summed E-state index contributed by atoms with van der Waals surface area (Å²) in [5.41, 5.74) is 0. The van der Waals surface area contributed by atoms with Crippen molar-refractivity contribution in [1.82, 2.24) is 9.55 Å². The van der Waals surface area contributed by atoms with Crippen molar-refractivity contribution < 1.29 is 4.74 Å². The van der Waals surface area contributed by atoms with Crippen LogP contribution in [0.15, 0.2) is 12.4 Å². The van der Waals surface area contributed by atoms with Gasteiger partial charge in [-0.2, -0.15) is 0 Å². The molecule has 1 saturated heterocycles. The largest absolute Gasteiger partial charge is 0.381 e. The van der Waals surface area contributed by atoms with Gasteiger partial charge in [-0.1, -0.05) is 0 Å². The first kappa shape index (κ1) is 11.5. The van der Waals surface area contributed by atoms with Crippen molar-refractivity contribution in [2.75, 3.05) is 18.5 Å². The molecule has 4 heteroatoms. The lowest BCUT2D eigenvalue weighted by molar-refractivity contribution is 0.183. The van der Waals surface area contributed by atoms with Gasteiger partial charge in [0, 0.05) is 37.0 Å². The average Bonchev–Trinajstić information content (AvgIpc) is 2.86. The molecule has 1 aliphatic rings. The Kier molecular flexibility index (Phi) is 3.49. The third kappa shape index (κ3) is 2.38. The molecule has 1 aromatic rings. The van der Waals surface area contributed by atoms with Crippen molar-refractivity contribution in [3.63, 3.8) is 0 Å². The fraction of sp³-hybridized carbons (Fsp3) is 0.750. The smallest absolute Gasteiger partial charge is 0.203 e. The zero-order valence-corrected chi connectivity index (χ0v) is 10.3. The number of hydrogen-bond donors (Lipinski definition) is 1. The van der Waals surface area contributed by atoms with Crippen LogP contribution in [0, 0.1) is 5.92 Å². The quantitative estimate of drug-likeness (QED) is 0.851. The van der Waals surface area contributed by atoms with Gasteiger partial charge >= 0.3 is 0 Å². The summed E-state index contributed by atoms with van der Waals surface area (Å²) in [6.45, 7) is 8.30. The molecule has 0 aliphatic carbocycles. The highest BCUT2D eigenvalue weighted by Crippen LogP contribution is 2.20. The molecule has 2 atom stereocenters. The van der Waals surface area contributed by atoms with Gasteiger partial charge in [-0.25, -0.2) is 4.98 Å². The van der Waals surface area contributed by atoms with Crippen LogP contribution in [-0.2, 0) is 4.74 Å². The molecule has 16 heavy (non-hydrogen) atoms. The maximum absolute atomic E-state index is 5.41. The molecule has 0 aromatic carbocycles. The lowest BCUT2D eigenvalue weighted by atomic mass is 10.0. The summed E-state index contributed by atoms with van der Waals surface area (Å²) in [5.74, 6) is 1.58. The highest BCUT2D eigenvalue weighted by atomic mass is 16.5. The van der Waals surface area contributed by atoms with E-state index in [0.29, 0.717) is 18.0 Å². The maximum Gasteiger partial charge on any atom is 0.203 e. The molecule has 0 spiro atoms. The SMILES string of the molecule is CC(Nc1nccn1C(C)C)C1CCOC1. The molecule has 2 heterocycles. The van der Waals surface area contributed by atoms with E-state index in [4.69, 9.17) is 4.74 Å². The second kappa shape index (κ2) is 4.87. The molecule has 1 N–H and O–H groups in total. The van der Waals surface area contributed by atoms with Crippen LogP contribution >= 0.6 is 0 Å². The Bertz CT molecular complexity index is 329. The zero-order chi connectivity index (χ0) is 11.5. The number of rotatable bonds is 4. The second-order valence-electron chi connectivity index (χ2n) is 4.81. The van der Waals surface area contributed by atoms with Gasteiger partial charge in [0.2, 0.25) is 5.95 Å². The molecule has 1 aliphatic heterocycles. The number of anilines is 1. The van der Waals surface area contributed by atoms with Crippen molar-refractivity contribution >= 4 is 5.95 Å². The van der Waals surface area contributed by atoms with E-state index in [9.17, 15) is 0 Å². The van der Waals surface area contributed by atoms with E-state index < -0.39 is 0 Å². The fourth-order valence-electron chi connectivity index (χ4n) is 2.11. The monoisotopic (exact) mass is 223 g/mol. The molecule has 2 unspecified atom stereocenters. The Labute approximate surface area is 97.0 Å². The van der Waals surface area contributed by atoms with Crippen LogP contribution in [0.4, 0.5) is 5.95 Å². The summed E-state index contributed by atoms with van der Waals surface area (Å²) >= 11 is 0. The predicted octanol–water partition coefficient (Wildman–Crippen LogP) is 2.30. The van der Waals surface area contributed by atoms with Crippen molar-refractivity contribution in [3.05, 3.63) is 12.4 Å². The van der Waals surface area contributed by atoms with Gasteiger partial charge in [0.25, 0.3) is 0 Å². The van der Waals surface area contributed by atoms with E-state index in [2.05, 4.69) is 35.6 Å². The van der Waals surface area contributed by atoms with Crippen LogP contribution in [0.2, 0.25) is 0 Å². The van der Waals surface area contributed by atoms with Crippen molar-refractivity contribution in [2.24, 2.45) is 5.92 Å². The number of nitrogens with one attached hydrogen (secondary N) is 1. The molecule has 90 valence electrons. The van der Waals surface area contributed by atoms with Gasteiger partial charge in [0.1, 0.15) is 0 Å². The Morgan fingerprint density at radius 2 is 2.31 bits per heavy atom. The molecule has 2 rings (SSSR count). The first-order valence-electron chi connectivity index (χ1n) is 6.05. The van der Waals surface area contributed by atoms with Crippen LogP contribution < -0.4 is 5.32 Å². The lowest BCUT2D eigenvalue weighted by Gasteiger charge is -2.21. The van der Waals surface area contributed by atoms with Gasteiger partial charge in [0.15, 0.2) is 0 Å². The zero-order valence-electron chi connectivity index (χ0n) is 10.3. The average molecular weight is 223 g/mol. The number of ether oxygens (including phenoxy) is 1. The normalized spacial score (nSPS) is 22.6. The molecule has 4 nitrogen and oxygen atoms in total. The van der Waals surface area contributed by atoms with E-state index in [1.54, 1.807) is 0 Å². The Morgan fingerprint density at radius 1 is 1.50 bits per heavy atom. The van der Waals surface area contributed by atoms with Gasteiger partial charge in [-0.3, -0.25) is 0 Å². The summed E-state index contributed by atoms with van der Waals surface area (Å²) in [6.07, 6.45) is 5.02. The van der Waals surface area contributed by atoms with Gasteiger partial charge in [-0.05, 0) is 27.2 Å². The van der Waals surface area contributed by atoms with E-state index in [1.807, 2.05) is 12.4 Å². The first-order valence-corrected chi connectivity index (χ1v) is 6.05. The number of imidazole rings is 1. The molecular weight excluding hydrogens is 202 g/mol. The second-order valence-corrected chi connectivity index (χ2v) is 4.81. The van der Waals surface area contributed by atoms with Crippen LogP contribution in [0.25, 0.3) is 0 Å². The number of aromatic nitrogens is 2. The standard InChI is InChI=1S/C12H21N3O/c1-9(2)15-6-5-13-12(15)14-10(3)11-4-7-16-8-11/h5-6,9-11H,4,7-8H2,1-3H3,(H,13,14). The van der Waals surface area contributed by atoms with Crippen LogP contribution in [-0.4, -0.2) is 28.8 Å². The Morgan fingerprint density at radius 3 is 2.94 bits per heavy atom. The Balaban J connectivity index is 1.99. The van der Waals surface area contributed by atoms with Crippen molar-refractivity contribution in [1.29, 1.82) is 0 Å². The Hall–Kier alpha value is -1.03. The first-order chi connectivity index (χ1) is 7.68. The van der Waals surface area contributed by atoms with Gasteiger partial charge < -0.3 is 14.6 Å². The van der Waals surface area contributed by atoms with Crippen LogP contribution in [0.5, 0.6) is 0 Å². The molecule has 0 bridgehead atoms. The minimum absolute atomic E-state index is 0.419. The predicted molar refractivity (Wildman–Crippen MR) is 64.6 cm³/mol. The van der Waals surface area contributed by atoms with E-state index in [-0.39, 0.29) is 0 Å². The summed E-state index contributed by atoms with van der Waals surface area (Å²) in [5, 5.41) is 3.49. The van der Waals surface area contributed by atoms with E-state index in [0.717, 1.165) is 25.6 Å². The molecule has 1 aromatic heterocycles. The van der Waals surface area contributed by atoms with Crippen molar-refractivity contribution in [2.45, 2.75) is 39.3 Å². The molecule has 0 saturated carbocycles. The maximum atomic E-state index is 5.41. The molecular formula is C12H21N3O. The summed E-state index contributed by atoms with van der Waals surface area (Å²) < 4.78 is 7.57. The highest BCUT2D eigenvalue weighted by Gasteiger charge is 2.23. The number of hydrogen-bond acceptors (Lipinski definition) is 3. The lowest BCUT2D eigenvalue weighted by Crippen LogP contribution is -2.27. The highest BCUT2D eigenvalue weighted by molar-refractivity contribution is 5.28. The minimum atomic E-state index is 0.419. The van der Waals surface area contributed by atoms with Crippen LogP contribution in [0.3, 0.4) is 0 Å².